The predicted molar refractivity (Wildman–Crippen MR) is 62.0 cm³/mol. The Bertz CT molecular complexity index is 267. The van der Waals surface area contributed by atoms with Gasteiger partial charge in [0, 0.05) is 0 Å². The quantitative estimate of drug-likeness (QED) is 0.678. The number of rotatable bonds is 6. The summed E-state index contributed by atoms with van der Waals surface area (Å²) in [7, 11) is 0. The van der Waals surface area contributed by atoms with Gasteiger partial charge in [-0.05, 0) is 33.1 Å². The average molecular weight is 246 g/mol. The summed E-state index contributed by atoms with van der Waals surface area (Å²) < 4.78 is 0. The first-order valence-electron chi connectivity index (χ1n) is 5.62. The van der Waals surface area contributed by atoms with Crippen LogP contribution >= 0.6 is 0 Å². The van der Waals surface area contributed by atoms with Gasteiger partial charge in [-0.15, -0.1) is 0 Å². The van der Waals surface area contributed by atoms with Crippen LogP contribution in [0.2, 0.25) is 0 Å². The monoisotopic (exact) mass is 246 g/mol. The molecule has 0 saturated carbocycles. The van der Waals surface area contributed by atoms with Crippen molar-refractivity contribution < 1.29 is 19.3 Å². The average Bonchev–Trinajstić information content (AvgIpc) is 2.35. The third kappa shape index (κ3) is 3.41. The summed E-state index contributed by atoms with van der Waals surface area (Å²) in [5, 5.41) is 0. The normalized spacial score (nSPS) is 17.8. The highest BCUT2D eigenvalue weighted by atomic mass is 16.7. The van der Waals surface area contributed by atoms with Gasteiger partial charge in [-0.3, -0.25) is 0 Å². The van der Waals surface area contributed by atoms with Gasteiger partial charge in [-0.2, -0.15) is 11.8 Å². The van der Waals surface area contributed by atoms with Crippen LogP contribution < -0.4 is 11.8 Å². The maximum atomic E-state index is 11.6. The molecule has 0 heterocycles. The molecule has 0 aromatic rings. The zero-order valence-corrected chi connectivity index (χ0v) is 10.9. The first-order chi connectivity index (χ1) is 7.79. The fourth-order valence-electron chi connectivity index (χ4n) is 1.83. The van der Waals surface area contributed by atoms with E-state index in [0.717, 1.165) is 0 Å². The van der Waals surface area contributed by atoms with E-state index in [4.69, 9.17) is 11.8 Å². The van der Waals surface area contributed by atoms with Crippen LogP contribution in [0.5, 0.6) is 0 Å². The summed E-state index contributed by atoms with van der Waals surface area (Å²) in [4.78, 5) is 31.9. The third-order valence-electron chi connectivity index (χ3n) is 3.54. The van der Waals surface area contributed by atoms with Crippen molar-refractivity contribution in [2.45, 2.75) is 47.0 Å². The van der Waals surface area contributed by atoms with E-state index in [-0.39, 0.29) is 6.42 Å². The molecule has 0 aliphatic rings. The minimum Gasteiger partial charge on any atom is -0.373 e. The molecule has 2 unspecified atom stereocenters. The van der Waals surface area contributed by atoms with E-state index < -0.39 is 22.8 Å². The molecule has 0 aliphatic carbocycles. The van der Waals surface area contributed by atoms with Crippen molar-refractivity contribution in [2.24, 2.45) is 22.6 Å². The lowest BCUT2D eigenvalue weighted by Crippen LogP contribution is -2.41. The van der Waals surface area contributed by atoms with Crippen molar-refractivity contribution >= 4 is 11.9 Å². The number of carbonyl (C=O) groups excluding carboxylic acids is 2. The topological polar surface area (TPSA) is 105 Å². The van der Waals surface area contributed by atoms with Crippen LogP contribution in [-0.2, 0) is 19.3 Å². The summed E-state index contributed by atoms with van der Waals surface area (Å²) in [5.41, 5.74) is -1.65. The Morgan fingerprint density at radius 3 is 1.41 bits per heavy atom. The van der Waals surface area contributed by atoms with Gasteiger partial charge in [0.25, 0.3) is 0 Å². The van der Waals surface area contributed by atoms with Gasteiger partial charge in [0.05, 0.1) is 10.8 Å². The highest BCUT2D eigenvalue weighted by Crippen LogP contribution is 2.40. The third-order valence-corrected chi connectivity index (χ3v) is 3.54. The molecule has 6 heteroatoms. The maximum Gasteiger partial charge on any atom is 0.330 e. The molecule has 100 valence electrons. The van der Waals surface area contributed by atoms with Crippen molar-refractivity contribution in [1.29, 1.82) is 0 Å². The molecule has 0 bridgehead atoms. The first kappa shape index (κ1) is 15.9. The van der Waals surface area contributed by atoms with E-state index in [1.165, 1.54) is 0 Å². The van der Waals surface area contributed by atoms with E-state index in [1.54, 1.807) is 13.8 Å². The van der Waals surface area contributed by atoms with Gasteiger partial charge < -0.3 is 9.68 Å². The summed E-state index contributed by atoms with van der Waals surface area (Å²) in [6, 6.07) is 0. The van der Waals surface area contributed by atoms with Crippen LogP contribution in [0.3, 0.4) is 0 Å². The maximum absolute atomic E-state index is 11.6. The van der Waals surface area contributed by atoms with Crippen molar-refractivity contribution in [3.8, 4) is 0 Å². The molecule has 17 heavy (non-hydrogen) atoms. The zero-order valence-electron chi connectivity index (χ0n) is 10.9. The molecule has 0 aromatic carbocycles. The second-order valence-electron chi connectivity index (χ2n) is 4.82. The number of hydrogen-bond acceptors (Lipinski definition) is 6. The SMILES string of the molecule is CCC(C)(CC(C)(CC)C(=O)ON)C(=O)ON. The van der Waals surface area contributed by atoms with Gasteiger partial charge in [-0.25, -0.2) is 9.59 Å². The van der Waals surface area contributed by atoms with Crippen LogP contribution in [0.15, 0.2) is 0 Å². The Balaban J connectivity index is 5.10. The zero-order chi connectivity index (χ0) is 13.7. The highest BCUT2D eigenvalue weighted by Gasteiger charge is 2.44. The largest absolute Gasteiger partial charge is 0.373 e. The number of nitrogens with two attached hydrogens (primary N) is 2. The van der Waals surface area contributed by atoms with Crippen molar-refractivity contribution in [1.82, 2.24) is 0 Å². The lowest BCUT2D eigenvalue weighted by molar-refractivity contribution is -0.165. The Labute approximate surface area is 102 Å². The molecule has 0 aromatic heterocycles. The van der Waals surface area contributed by atoms with Crippen LogP contribution in [0.25, 0.3) is 0 Å². The molecule has 0 amide bonds. The van der Waals surface area contributed by atoms with E-state index in [2.05, 4.69) is 9.68 Å². The van der Waals surface area contributed by atoms with E-state index in [0.29, 0.717) is 12.8 Å². The molecule has 2 atom stereocenters. The minimum atomic E-state index is -0.826. The minimum absolute atomic E-state index is 0.277. The van der Waals surface area contributed by atoms with Crippen molar-refractivity contribution in [3.63, 3.8) is 0 Å². The fourth-order valence-corrected chi connectivity index (χ4v) is 1.83. The summed E-state index contributed by atoms with van der Waals surface area (Å²) in [6.07, 6.45) is 1.30. The van der Waals surface area contributed by atoms with Crippen LogP contribution in [0.4, 0.5) is 0 Å². The standard InChI is InChI=1S/C11H22N2O4/c1-5-10(3,8(14)16-12)7-11(4,6-2)9(15)17-13/h5-7,12-13H2,1-4H3. The molecule has 6 nitrogen and oxygen atoms in total. The van der Waals surface area contributed by atoms with E-state index in [1.807, 2.05) is 13.8 Å². The Kier molecular flexibility index (Phi) is 5.57. The van der Waals surface area contributed by atoms with Crippen molar-refractivity contribution in [3.05, 3.63) is 0 Å². The number of hydrogen-bond donors (Lipinski definition) is 2. The van der Waals surface area contributed by atoms with Crippen LogP contribution in [0.1, 0.15) is 47.0 Å². The van der Waals surface area contributed by atoms with E-state index >= 15 is 0 Å². The lowest BCUT2D eigenvalue weighted by Gasteiger charge is -2.34. The molecule has 0 aliphatic heterocycles. The van der Waals surface area contributed by atoms with Crippen LogP contribution in [0, 0.1) is 10.8 Å². The Morgan fingerprint density at radius 1 is 0.941 bits per heavy atom. The van der Waals surface area contributed by atoms with Gasteiger partial charge in [0.1, 0.15) is 0 Å². The van der Waals surface area contributed by atoms with Gasteiger partial charge in [-0.1, -0.05) is 13.8 Å². The van der Waals surface area contributed by atoms with Gasteiger partial charge >= 0.3 is 11.9 Å². The molecule has 0 saturated heterocycles. The second kappa shape index (κ2) is 5.97. The van der Waals surface area contributed by atoms with Gasteiger partial charge in [0.15, 0.2) is 0 Å². The van der Waals surface area contributed by atoms with Gasteiger partial charge in [0.2, 0.25) is 0 Å². The van der Waals surface area contributed by atoms with E-state index in [9.17, 15) is 9.59 Å². The summed E-state index contributed by atoms with van der Waals surface area (Å²) >= 11 is 0. The lowest BCUT2D eigenvalue weighted by atomic mass is 9.70. The molecule has 0 rings (SSSR count). The molecular weight excluding hydrogens is 224 g/mol. The van der Waals surface area contributed by atoms with Crippen molar-refractivity contribution in [2.75, 3.05) is 0 Å². The molecule has 0 fully saturated rings. The Morgan fingerprint density at radius 2 is 1.24 bits per heavy atom. The molecule has 4 N–H and O–H groups in total. The Hall–Kier alpha value is -1.14. The molecule has 0 radical (unpaired) electrons. The summed E-state index contributed by atoms with van der Waals surface area (Å²) in [5.74, 6) is 8.75. The smallest absolute Gasteiger partial charge is 0.330 e. The first-order valence-corrected chi connectivity index (χ1v) is 5.62. The number of carbonyl (C=O) groups is 2. The highest BCUT2D eigenvalue weighted by molar-refractivity contribution is 5.80. The summed E-state index contributed by atoms with van der Waals surface area (Å²) in [6.45, 7) is 7.08. The van der Waals surface area contributed by atoms with Crippen LogP contribution in [-0.4, -0.2) is 11.9 Å². The predicted octanol–water partition coefficient (Wildman–Crippen LogP) is 1.04. The molecule has 0 spiro atoms. The second-order valence-corrected chi connectivity index (χ2v) is 4.82. The fraction of sp³-hybridized carbons (Fsp3) is 0.818. The molecular formula is C11H22N2O4.